The number of rotatable bonds is 4. The number of carboxylic acid groups (broad SMARTS) is 1. The number of benzene rings is 1. The van der Waals surface area contributed by atoms with E-state index in [4.69, 9.17) is 9.84 Å². The average molecular weight is 278 g/mol. The van der Waals surface area contributed by atoms with Gasteiger partial charge in [-0.15, -0.1) is 0 Å². The van der Waals surface area contributed by atoms with E-state index in [0.717, 1.165) is 12.1 Å². The van der Waals surface area contributed by atoms with Crippen molar-refractivity contribution in [2.24, 2.45) is 0 Å². The molecule has 0 saturated heterocycles. The molecule has 0 amide bonds. The van der Waals surface area contributed by atoms with Gasteiger partial charge in [0.05, 0.1) is 11.0 Å². The van der Waals surface area contributed by atoms with E-state index in [-0.39, 0.29) is 11.5 Å². The molecule has 0 radical (unpaired) electrons. The molecule has 20 heavy (non-hydrogen) atoms. The molecular formula is C12H7FN2O5. The van der Waals surface area contributed by atoms with Crippen LogP contribution in [0.3, 0.4) is 0 Å². The molecule has 1 N–H and O–H groups in total. The van der Waals surface area contributed by atoms with Crippen LogP contribution in [0.1, 0.15) is 10.5 Å². The summed E-state index contributed by atoms with van der Waals surface area (Å²) in [7, 11) is 0. The number of pyridine rings is 1. The van der Waals surface area contributed by atoms with Crippen molar-refractivity contribution in [1.82, 2.24) is 4.98 Å². The smallest absolute Gasteiger partial charge is 0.358 e. The van der Waals surface area contributed by atoms with E-state index in [0.29, 0.717) is 6.07 Å². The Kier molecular flexibility index (Phi) is 3.56. The fraction of sp³-hybridized carbons (Fsp3) is 0. The van der Waals surface area contributed by atoms with Gasteiger partial charge in [0.1, 0.15) is 5.82 Å². The number of hydrogen-bond acceptors (Lipinski definition) is 5. The molecule has 0 aliphatic heterocycles. The van der Waals surface area contributed by atoms with Gasteiger partial charge < -0.3 is 9.84 Å². The maximum absolute atomic E-state index is 13.0. The molecule has 0 bridgehead atoms. The van der Waals surface area contributed by atoms with Crippen molar-refractivity contribution in [2.45, 2.75) is 0 Å². The Morgan fingerprint density at radius 1 is 1.35 bits per heavy atom. The normalized spacial score (nSPS) is 10.1. The Labute approximate surface area is 111 Å². The second-order valence-corrected chi connectivity index (χ2v) is 3.63. The zero-order valence-electron chi connectivity index (χ0n) is 9.82. The fourth-order valence-electron chi connectivity index (χ4n) is 1.47. The van der Waals surface area contributed by atoms with Crippen molar-refractivity contribution in [1.29, 1.82) is 0 Å². The summed E-state index contributed by atoms with van der Waals surface area (Å²) in [6.45, 7) is 0. The number of nitro benzene ring substituents is 1. The first-order chi connectivity index (χ1) is 9.49. The minimum atomic E-state index is -1.34. The van der Waals surface area contributed by atoms with E-state index in [1.54, 1.807) is 0 Å². The Hall–Kier alpha value is -3.03. The van der Waals surface area contributed by atoms with Crippen molar-refractivity contribution >= 4 is 11.7 Å². The van der Waals surface area contributed by atoms with E-state index in [1.165, 1.54) is 18.3 Å². The van der Waals surface area contributed by atoms with E-state index in [2.05, 4.69) is 4.98 Å². The van der Waals surface area contributed by atoms with Crippen LogP contribution in [0.4, 0.5) is 10.1 Å². The number of aromatic carboxylic acids is 1. The van der Waals surface area contributed by atoms with Gasteiger partial charge in [-0.05, 0) is 24.3 Å². The molecule has 0 aliphatic carbocycles. The zero-order valence-corrected chi connectivity index (χ0v) is 9.82. The summed E-state index contributed by atoms with van der Waals surface area (Å²) < 4.78 is 18.2. The number of ether oxygens (including phenoxy) is 1. The molecule has 0 aliphatic rings. The molecule has 1 aromatic carbocycles. The van der Waals surface area contributed by atoms with Crippen molar-refractivity contribution in [3.05, 3.63) is 58.2 Å². The highest BCUT2D eigenvalue weighted by Gasteiger charge is 2.20. The van der Waals surface area contributed by atoms with Gasteiger partial charge in [0, 0.05) is 6.20 Å². The van der Waals surface area contributed by atoms with Crippen molar-refractivity contribution < 1.29 is 24.0 Å². The molecule has 102 valence electrons. The highest BCUT2D eigenvalue weighted by molar-refractivity contribution is 5.88. The number of halogens is 1. The van der Waals surface area contributed by atoms with Crippen molar-refractivity contribution in [2.75, 3.05) is 0 Å². The standard InChI is InChI=1S/C12H7FN2O5/c13-7-3-4-9(8(6-7)15(18)19)20-10-2-1-5-14-11(10)12(16)17/h1-6H,(H,16,17). The number of aromatic nitrogens is 1. The monoisotopic (exact) mass is 278 g/mol. The molecule has 0 unspecified atom stereocenters. The summed E-state index contributed by atoms with van der Waals surface area (Å²) in [5.41, 5.74) is -1.00. The largest absolute Gasteiger partial charge is 0.476 e. The van der Waals surface area contributed by atoms with Crippen molar-refractivity contribution in [3.8, 4) is 11.5 Å². The Morgan fingerprint density at radius 2 is 2.10 bits per heavy atom. The maximum Gasteiger partial charge on any atom is 0.358 e. The van der Waals surface area contributed by atoms with Gasteiger partial charge in [0.25, 0.3) is 0 Å². The lowest BCUT2D eigenvalue weighted by Crippen LogP contribution is -2.03. The van der Waals surface area contributed by atoms with Crippen LogP contribution >= 0.6 is 0 Å². The molecule has 0 atom stereocenters. The minimum Gasteiger partial charge on any atom is -0.476 e. The van der Waals surface area contributed by atoms with E-state index in [9.17, 15) is 19.3 Å². The summed E-state index contributed by atoms with van der Waals surface area (Å²) in [5, 5.41) is 19.7. The van der Waals surface area contributed by atoms with Crippen LogP contribution in [-0.4, -0.2) is 21.0 Å². The first-order valence-electron chi connectivity index (χ1n) is 5.29. The van der Waals surface area contributed by atoms with Gasteiger partial charge in [-0.1, -0.05) is 0 Å². The number of nitrogens with zero attached hydrogens (tertiary/aromatic N) is 2. The lowest BCUT2D eigenvalue weighted by molar-refractivity contribution is -0.385. The topological polar surface area (TPSA) is 103 Å². The van der Waals surface area contributed by atoms with E-state index < -0.39 is 28.1 Å². The summed E-state index contributed by atoms with van der Waals surface area (Å²) >= 11 is 0. The third-order valence-electron chi connectivity index (χ3n) is 2.31. The first kappa shape index (κ1) is 13.4. The Morgan fingerprint density at radius 3 is 2.75 bits per heavy atom. The summed E-state index contributed by atoms with van der Waals surface area (Å²) in [6.07, 6.45) is 1.25. The molecule has 1 aromatic heterocycles. The van der Waals surface area contributed by atoms with Crippen LogP contribution in [0.15, 0.2) is 36.5 Å². The lowest BCUT2D eigenvalue weighted by atomic mass is 10.2. The summed E-state index contributed by atoms with van der Waals surface area (Å²) in [6, 6.07) is 5.41. The van der Waals surface area contributed by atoms with E-state index >= 15 is 0 Å². The van der Waals surface area contributed by atoms with Gasteiger partial charge in [0.2, 0.25) is 5.75 Å². The van der Waals surface area contributed by atoms with Crippen LogP contribution < -0.4 is 4.74 Å². The third-order valence-corrected chi connectivity index (χ3v) is 2.31. The van der Waals surface area contributed by atoms with Crippen LogP contribution in [0, 0.1) is 15.9 Å². The maximum atomic E-state index is 13.0. The molecule has 8 heteroatoms. The highest BCUT2D eigenvalue weighted by Crippen LogP contribution is 2.32. The molecule has 1 heterocycles. The predicted octanol–water partition coefficient (Wildman–Crippen LogP) is 2.62. The third kappa shape index (κ3) is 2.69. The number of nitro groups is 1. The van der Waals surface area contributed by atoms with Crippen LogP contribution in [0.25, 0.3) is 0 Å². The van der Waals surface area contributed by atoms with Gasteiger partial charge in [-0.3, -0.25) is 10.1 Å². The predicted molar refractivity (Wildman–Crippen MR) is 64.3 cm³/mol. The minimum absolute atomic E-state index is 0.172. The van der Waals surface area contributed by atoms with E-state index in [1.807, 2.05) is 0 Å². The second-order valence-electron chi connectivity index (χ2n) is 3.63. The number of hydrogen-bond donors (Lipinski definition) is 1. The Bertz CT molecular complexity index is 689. The van der Waals surface area contributed by atoms with Gasteiger partial charge in [-0.2, -0.15) is 0 Å². The number of carbonyl (C=O) groups is 1. The second kappa shape index (κ2) is 5.31. The average Bonchev–Trinajstić information content (AvgIpc) is 2.41. The first-order valence-corrected chi connectivity index (χ1v) is 5.29. The van der Waals surface area contributed by atoms with Gasteiger partial charge in [-0.25, -0.2) is 14.2 Å². The van der Waals surface area contributed by atoms with Crippen LogP contribution in [0.2, 0.25) is 0 Å². The molecule has 0 saturated carbocycles. The zero-order chi connectivity index (χ0) is 14.7. The van der Waals surface area contributed by atoms with Gasteiger partial charge in [0.15, 0.2) is 11.4 Å². The fourth-order valence-corrected chi connectivity index (χ4v) is 1.47. The summed E-state index contributed by atoms with van der Waals surface area (Å²) in [5.74, 6) is -2.58. The molecule has 2 rings (SSSR count). The highest BCUT2D eigenvalue weighted by atomic mass is 19.1. The van der Waals surface area contributed by atoms with Gasteiger partial charge >= 0.3 is 11.7 Å². The molecule has 7 nitrogen and oxygen atoms in total. The van der Waals surface area contributed by atoms with Crippen LogP contribution in [-0.2, 0) is 0 Å². The molecular weight excluding hydrogens is 271 g/mol. The molecule has 0 spiro atoms. The molecule has 0 fully saturated rings. The lowest BCUT2D eigenvalue weighted by Gasteiger charge is -2.08. The quantitative estimate of drug-likeness (QED) is 0.681. The Balaban J connectivity index is 2.45. The summed E-state index contributed by atoms with van der Waals surface area (Å²) in [4.78, 5) is 24.5. The number of carboxylic acids is 1. The van der Waals surface area contributed by atoms with Crippen molar-refractivity contribution in [3.63, 3.8) is 0 Å². The van der Waals surface area contributed by atoms with Crippen LogP contribution in [0.5, 0.6) is 11.5 Å². The molecule has 2 aromatic rings. The SMILES string of the molecule is O=C(O)c1ncccc1Oc1ccc(F)cc1[N+](=O)[O-].